The van der Waals surface area contributed by atoms with E-state index in [2.05, 4.69) is 16.0 Å². The molecule has 0 aliphatic carbocycles. The van der Waals surface area contributed by atoms with Crippen LogP contribution in [0.4, 0.5) is 10.5 Å². The number of hydrogen-bond acceptors (Lipinski definition) is 5. The van der Waals surface area contributed by atoms with Crippen LogP contribution in [0.15, 0.2) is 54.6 Å². The Morgan fingerprint density at radius 3 is 2.22 bits per heavy atom. The van der Waals surface area contributed by atoms with E-state index in [-0.39, 0.29) is 24.5 Å². The Kier molecular flexibility index (Phi) is 10.4. The number of nitrogens with one attached hydrogen (secondary N) is 3. The molecule has 0 bridgehead atoms. The van der Waals surface area contributed by atoms with E-state index in [0.29, 0.717) is 19.5 Å². The molecular formula is C25H35N3O4. The fourth-order valence-corrected chi connectivity index (χ4v) is 3.05. The van der Waals surface area contributed by atoms with Crippen molar-refractivity contribution in [3.05, 3.63) is 60.2 Å². The van der Waals surface area contributed by atoms with Crippen molar-refractivity contribution in [2.45, 2.75) is 52.9 Å². The van der Waals surface area contributed by atoms with Gasteiger partial charge in [-0.05, 0) is 56.0 Å². The zero-order valence-electron chi connectivity index (χ0n) is 19.4. The maximum Gasteiger partial charge on any atom is 0.408 e. The highest BCUT2D eigenvalue weighted by Gasteiger charge is 2.22. The molecule has 0 radical (unpaired) electrons. The van der Waals surface area contributed by atoms with Gasteiger partial charge in [0.05, 0.1) is 6.10 Å². The second kappa shape index (κ2) is 13.2. The summed E-state index contributed by atoms with van der Waals surface area (Å²) in [4.78, 5) is 24.8. The molecule has 0 spiro atoms. The molecule has 2 aromatic rings. The number of hydrogen-bond donors (Lipinski definition) is 3. The number of benzene rings is 2. The van der Waals surface area contributed by atoms with Crippen LogP contribution in [-0.2, 0) is 16.1 Å². The summed E-state index contributed by atoms with van der Waals surface area (Å²) in [6.45, 7) is 9.13. The average Bonchev–Trinajstić information content (AvgIpc) is 2.76. The topological polar surface area (TPSA) is 88.7 Å². The van der Waals surface area contributed by atoms with Gasteiger partial charge in [0, 0.05) is 18.8 Å². The van der Waals surface area contributed by atoms with Gasteiger partial charge in [-0.15, -0.1) is 0 Å². The van der Waals surface area contributed by atoms with Gasteiger partial charge in [-0.1, -0.05) is 44.2 Å². The second-order valence-electron chi connectivity index (χ2n) is 8.30. The minimum Gasteiger partial charge on any atom is -0.491 e. The second-order valence-corrected chi connectivity index (χ2v) is 8.30. The molecule has 0 fully saturated rings. The first-order valence-corrected chi connectivity index (χ1v) is 11.1. The van der Waals surface area contributed by atoms with Crippen LogP contribution in [-0.4, -0.2) is 37.2 Å². The minimum absolute atomic E-state index is 0.132. The Morgan fingerprint density at radius 1 is 0.906 bits per heavy atom. The Morgan fingerprint density at radius 2 is 1.59 bits per heavy atom. The lowest BCUT2D eigenvalue weighted by Gasteiger charge is -2.20. The standard InChI is InChI=1S/C25H35N3O4/c1-18(2)16-23(28-25(30)31-17-20-8-6-5-7-9-20)24(29)27-15-14-26-21-10-12-22(13-11-21)32-19(3)4/h5-13,18-19,23,26H,14-17H2,1-4H3,(H,27,29)(H,28,30)/t23-/m0/s1. The predicted octanol–water partition coefficient (Wildman–Crippen LogP) is 4.34. The number of rotatable bonds is 12. The van der Waals surface area contributed by atoms with Crippen LogP contribution >= 0.6 is 0 Å². The minimum atomic E-state index is -0.647. The third-order valence-corrected chi connectivity index (χ3v) is 4.51. The van der Waals surface area contributed by atoms with Gasteiger partial charge in [0.1, 0.15) is 18.4 Å². The van der Waals surface area contributed by atoms with Crippen molar-refractivity contribution in [1.29, 1.82) is 0 Å². The van der Waals surface area contributed by atoms with Crippen LogP contribution < -0.4 is 20.7 Å². The smallest absolute Gasteiger partial charge is 0.408 e. The van der Waals surface area contributed by atoms with E-state index in [4.69, 9.17) is 9.47 Å². The average molecular weight is 442 g/mol. The fourth-order valence-electron chi connectivity index (χ4n) is 3.05. The van der Waals surface area contributed by atoms with E-state index < -0.39 is 12.1 Å². The van der Waals surface area contributed by atoms with E-state index in [1.807, 2.05) is 82.3 Å². The van der Waals surface area contributed by atoms with E-state index >= 15 is 0 Å². The summed E-state index contributed by atoms with van der Waals surface area (Å²) in [7, 11) is 0. The number of ether oxygens (including phenoxy) is 2. The highest BCUT2D eigenvalue weighted by molar-refractivity contribution is 5.85. The molecule has 1 atom stereocenters. The molecule has 7 nitrogen and oxygen atoms in total. The highest BCUT2D eigenvalue weighted by Crippen LogP contribution is 2.16. The largest absolute Gasteiger partial charge is 0.491 e. The normalized spacial score (nSPS) is 11.7. The van der Waals surface area contributed by atoms with E-state index in [0.717, 1.165) is 17.0 Å². The van der Waals surface area contributed by atoms with Crippen LogP contribution in [0.2, 0.25) is 0 Å². The summed E-state index contributed by atoms with van der Waals surface area (Å²) in [5.74, 6) is 0.836. The Bertz CT molecular complexity index is 823. The zero-order chi connectivity index (χ0) is 23.3. The number of carbonyl (C=O) groups is 2. The van der Waals surface area contributed by atoms with Crippen molar-refractivity contribution in [3.63, 3.8) is 0 Å². The summed E-state index contributed by atoms with van der Waals surface area (Å²) >= 11 is 0. The maximum atomic E-state index is 12.6. The number of carbonyl (C=O) groups excluding carboxylic acids is 2. The monoisotopic (exact) mass is 441 g/mol. The van der Waals surface area contributed by atoms with Crippen molar-refractivity contribution in [3.8, 4) is 5.75 Å². The van der Waals surface area contributed by atoms with Crippen LogP contribution in [0.25, 0.3) is 0 Å². The quantitative estimate of drug-likeness (QED) is 0.426. The lowest BCUT2D eigenvalue weighted by atomic mass is 10.0. The van der Waals surface area contributed by atoms with Gasteiger partial charge in [0.2, 0.25) is 5.91 Å². The molecule has 0 unspecified atom stereocenters. The van der Waals surface area contributed by atoms with Gasteiger partial charge in [0.15, 0.2) is 0 Å². The van der Waals surface area contributed by atoms with Gasteiger partial charge in [-0.2, -0.15) is 0 Å². The summed E-state index contributed by atoms with van der Waals surface area (Å²) in [6.07, 6.45) is 0.0559. The first-order chi connectivity index (χ1) is 15.3. The number of anilines is 1. The molecule has 7 heteroatoms. The Hall–Kier alpha value is -3.22. The number of amides is 2. The molecule has 0 aliphatic heterocycles. The molecule has 3 N–H and O–H groups in total. The van der Waals surface area contributed by atoms with Gasteiger partial charge in [-0.3, -0.25) is 4.79 Å². The van der Waals surface area contributed by atoms with Crippen molar-refractivity contribution >= 4 is 17.7 Å². The van der Waals surface area contributed by atoms with Crippen LogP contribution in [0.1, 0.15) is 39.7 Å². The molecule has 0 aliphatic rings. The van der Waals surface area contributed by atoms with E-state index in [9.17, 15) is 9.59 Å². The van der Waals surface area contributed by atoms with Gasteiger partial charge < -0.3 is 25.4 Å². The van der Waals surface area contributed by atoms with Crippen molar-refractivity contribution in [2.24, 2.45) is 5.92 Å². The van der Waals surface area contributed by atoms with Gasteiger partial charge >= 0.3 is 6.09 Å². The first-order valence-electron chi connectivity index (χ1n) is 11.1. The molecule has 2 amide bonds. The molecule has 0 saturated heterocycles. The Labute approximate surface area is 190 Å². The van der Waals surface area contributed by atoms with Crippen LogP contribution in [0, 0.1) is 5.92 Å². The fraction of sp³-hybridized carbons (Fsp3) is 0.440. The van der Waals surface area contributed by atoms with Crippen molar-refractivity contribution in [1.82, 2.24) is 10.6 Å². The van der Waals surface area contributed by atoms with Crippen molar-refractivity contribution in [2.75, 3.05) is 18.4 Å². The molecule has 2 aromatic carbocycles. The lowest BCUT2D eigenvalue weighted by molar-refractivity contribution is -0.123. The predicted molar refractivity (Wildman–Crippen MR) is 127 cm³/mol. The summed E-state index contributed by atoms with van der Waals surface area (Å²) in [6, 6.07) is 16.5. The summed E-state index contributed by atoms with van der Waals surface area (Å²) in [5, 5.41) is 8.83. The first kappa shape index (κ1) is 25.0. The highest BCUT2D eigenvalue weighted by atomic mass is 16.5. The van der Waals surface area contributed by atoms with Crippen LogP contribution in [0.5, 0.6) is 5.75 Å². The molecule has 32 heavy (non-hydrogen) atoms. The zero-order valence-corrected chi connectivity index (χ0v) is 19.4. The molecule has 0 aromatic heterocycles. The molecule has 0 saturated carbocycles. The maximum absolute atomic E-state index is 12.6. The Balaban J connectivity index is 1.75. The third-order valence-electron chi connectivity index (χ3n) is 4.51. The van der Waals surface area contributed by atoms with E-state index in [1.54, 1.807) is 0 Å². The molecular weight excluding hydrogens is 406 g/mol. The van der Waals surface area contributed by atoms with E-state index in [1.165, 1.54) is 0 Å². The summed E-state index contributed by atoms with van der Waals surface area (Å²) < 4.78 is 10.9. The van der Waals surface area contributed by atoms with Crippen LogP contribution in [0.3, 0.4) is 0 Å². The third kappa shape index (κ3) is 9.73. The van der Waals surface area contributed by atoms with Gasteiger partial charge in [0.25, 0.3) is 0 Å². The van der Waals surface area contributed by atoms with Crippen molar-refractivity contribution < 1.29 is 19.1 Å². The number of alkyl carbamates (subject to hydrolysis) is 1. The molecule has 2 rings (SSSR count). The molecule has 0 heterocycles. The van der Waals surface area contributed by atoms with Gasteiger partial charge in [-0.25, -0.2) is 4.79 Å². The molecule has 174 valence electrons. The SMILES string of the molecule is CC(C)C[C@H](NC(=O)OCc1ccccc1)C(=O)NCCNc1ccc(OC(C)C)cc1. The lowest BCUT2D eigenvalue weighted by Crippen LogP contribution is -2.48. The summed E-state index contributed by atoms with van der Waals surface area (Å²) in [5.41, 5.74) is 1.83.